The molecule has 1 aromatic carbocycles. The zero-order chi connectivity index (χ0) is 13.5. The van der Waals surface area contributed by atoms with Crippen molar-refractivity contribution in [3.05, 3.63) is 35.9 Å². The average molecular weight is 271 g/mol. The molecule has 1 aliphatic rings. The van der Waals surface area contributed by atoms with Crippen molar-refractivity contribution in [1.82, 2.24) is 4.90 Å². The van der Waals surface area contributed by atoms with Gasteiger partial charge in [-0.3, -0.25) is 4.90 Å². The number of alkyl halides is 2. The van der Waals surface area contributed by atoms with Crippen LogP contribution in [0.3, 0.4) is 0 Å². The quantitative estimate of drug-likeness (QED) is 0.741. The van der Waals surface area contributed by atoms with Gasteiger partial charge in [-0.1, -0.05) is 30.3 Å². The van der Waals surface area contributed by atoms with E-state index in [1.54, 1.807) is 0 Å². The monoisotopic (exact) mass is 271 g/mol. The fourth-order valence-corrected chi connectivity index (χ4v) is 2.24. The first-order chi connectivity index (χ1) is 9.27. The molecular weight excluding hydrogens is 252 g/mol. The molecule has 0 bridgehead atoms. The summed E-state index contributed by atoms with van der Waals surface area (Å²) in [6.45, 7) is 2.61. The number of halogens is 2. The van der Waals surface area contributed by atoms with Gasteiger partial charge in [0.25, 0.3) is 6.43 Å². The minimum atomic E-state index is -2.39. The summed E-state index contributed by atoms with van der Waals surface area (Å²) < 4.78 is 34.4. The van der Waals surface area contributed by atoms with Gasteiger partial charge in [0.1, 0.15) is 6.61 Å². The molecule has 1 atom stereocenters. The third kappa shape index (κ3) is 4.53. The van der Waals surface area contributed by atoms with E-state index in [2.05, 4.69) is 17.0 Å². The summed E-state index contributed by atoms with van der Waals surface area (Å²) in [6, 6.07) is 10.3. The maximum Gasteiger partial charge on any atom is 0.261 e. The predicted molar refractivity (Wildman–Crippen MR) is 68.4 cm³/mol. The summed E-state index contributed by atoms with van der Waals surface area (Å²) in [4.78, 5) is 2.23. The van der Waals surface area contributed by atoms with Crippen molar-refractivity contribution in [2.75, 3.05) is 39.5 Å². The van der Waals surface area contributed by atoms with E-state index in [0.29, 0.717) is 26.4 Å². The Morgan fingerprint density at radius 2 is 2.11 bits per heavy atom. The zero-order valence-electron chi connectivity index (χ0n) is 10.8. The van der Waals surface area contributed by atoms with Crippen molar-refractivity contribution in [1.29, 1.82) is 0 Å². The van der Waals surface area contributed by atoms with Crippen LogP contribution in [0.2, 0.25) is 0 Å². The number of hydrogen-bond acceptors (Lipinski definition) is 3. The van der Waals surface area contributed by atoms with Crippen molar-refractivity contribution >= 4 is 0 Å². The van der Waals surface area contributed by atoms with Crippen LogP contribution < -0.4 is 0 Å². The standard InChI is InChI=1S/C14H19F2NO2/c15-14(16)11-19-9-7-17-6-8-18-10-13(17)12-4-2-1-3-5-12/h1-5,13-14H,6-11H2/t13-/m0/s1. The van der Waals surface area contributed by atoms with E-state index >= 15 is 0 Å². The van der Waals surface area contributed by atoms with Gasteiger partial charge in [0.05, 0.1) is 25.9 Å². The van der Waals surface area contributed by atoms with Gasteiger partial charge < -0.3 is 9.47 Å². The highest BCUT2D eigenvalue weighted by atomic mass is 19.3. The topological polar surface area (TPSA) is 21.7 Å². The lowest BCUT2D eigenvalue weighted by atomic mass is 10.1. The maximum atomic E-state index is 12.0. The van der Waals surface area contributed by atoms with E-state index in [4.69, 9.17) is 9.47 Å². The third-order valence-corrected chi connectivity index (χ3v) is 3.19. The lowest BCUT2D eigenvalue weighted by Crippen LogP contribution is -2.41. The molecule has 1 saturated heterocycles. The number of nitrogens with zero attached hydrogens (tertiary/aromatic N) is 1. The van der Waals surface area contributed by atoms with E-state index < -0.39 is 13.0 Å². The maximum absolute atomic E-state index is 12.0. The Kier molecular flexibility index (Phi) is 5.69. The fourth-order valence-electron chi connectivity index (χ4n) is 2.24. The Labute approximate surface area is 112 Å². The molecule has 3 nitrogen and oxygen atoms in total. The lowest BCUT2D eigenvalue weighted by molar-refractivity contribution is -0.0337. The molecule has 5 heteroatoms. The van der Waals surface area contributed by atoms with Gasteiger partial charge in [-0.25, -0.2) is 8.78 Å². The van der Waals surface area contributed by atoms with Crippen LogP contribution in [0.4, 0.5) is 8.78 Å². The molecule has 0 N–H and O–H groups in total. The second-order valence-electron chi connectivity index (χ2n) is 4.50. The van der Waals surface area contributed by atoms with Crippen molar-refractivity contribution in [3.8, 4) is 0 Å². The van der Waals surface area contributed by atoms with E-state index in [1.807, 2.05) is 18.2 Å². The van der Waals surface area contributed by atoms with Crippen LogP contribution in [0.15, 0.2) is 30.3 Å². The highest BCUT2D eigenvalue weighted by molar-refractivity contribution is 5.19. The first-order valence-electron chi connectivity index (χ1n) is 6.50. The molecule has 0 spiro atoms. The predicted octanol–water partition coefficient (Wildman–Crippen LogP) is 2.34. The molecule has 1 aromatic rings. The van der Waals surface area contributed by atoms with Gasteiger partial charge in [-0.2, -0.15) is 0 Å². The van der Waals surface area contributed by atoms with Crippen molar-refractivity contribution in [2.24, 2.45) is 0 Å². The average Bonchev–Trinajstić information content (AvgIpc) is 2.45. The molecule has 0 unspecified atom stereocenters. The number of rotatable bonds is 6. The largest absolute Gasteiger partial charge is 0.378 e. The summed E-state index contributed by atoms with van der Waals surface area (Å²) >= 11 is 0. The Balaban J connectivity index is 1.86. The summed E-state index contributed by atoms with van der Waals surface area (Å²) in [6.07, 6.45) is -2.39. The summed E-state index contributed by atoms with van der Waals surface area (Å²) in [5, 5.41) is 0. The summed E-state index contributed by atoms with van der Waals surface area (Å²) in [5.41, 5.74) is 1.19. The van der Waals surface area contributed by atoms with Gasteiger partial charge in [-0.15, -0.1) is 0 Å². The molecular formula is C14H19F2NO2. The van der Waals surface area contributed by atoms with Crippen molar-refractivity contribution in [2.45, 2.75) is 12.5 Å². The minimum absolute atomic E-state index is 0.185. The molecule has 1 heterocycles. The van der Waals surface area contributed by atoms with Crippen LogP contribution in [-0.4, -0.2) is 50.8 Å². The van der Waals surface area contributed by atoms with E-state index in [9.17, 15) is 8.78 Å². The Morgan fingerprint density at radius 1 is 1.32 bits per heavy atom. The van der Waals surface area contributed by atoms with Crippen LogP contribution >= 0.6 is 0 Å². The molecule has 1 aliphatic heterocycles. The summed E-state index contributed by atoms with van der Waals surface area (Å²) in [5.74, 6) is 0. The van der Waals surface area contributed by atoms with E-state index in [0.717, 1.165) is 6.54 Å². The molecule has 0 amide bonds. The van der Waals surface area contributed by atoms with Crippen molar-refractivity contribution < 1.29 is 18.3 Å². The molecule has 19 heavy (non-hydrogen) atoms. The Hall–Kier alpha value is -1.04. The molecule has 0 aromatic heterocycles. The molecule has 1 fully saturated rings. The normalized spacial score (nSPS) is 20.9. The number of morpholine rings is 1. The van der Waals surface area contributed by atoms with Crippen LogP contribution in [0.5, 0.6) is 0 Å². The Bertz CT molecular complexity index is 362. The molecule has 0 radical (unpaired) electrons. The molecule has 106 valence electrons. The van der Waals surface area contributed by atoms with Gasteiger partial charge in [0, 0.05) is 13.1 Å². The van der Waals surface area contributed by atoms with Crippen LogP contribution in [0.1, 0.15) is 11.6 Å². The lowest BCUT2D eigenvalue weighted by Gasteiger charge is -2.35. The van der Waals surface area contributed by atoms with Gasteiger partial charge in [0.15, 0.2) is 0 Å². The smallest absolute Gasteiger partial charge is 0.261 e. The number of hydrogen-bond donors (Lipinski definition) is 0. The van der Waals surface area contributed by atoms with Gasteiger partial charge in [-0.05, 0) is 5.56 Å². The highest BCUT2D eigenvalue weighted by Crippen LogP contribution is 2.23. The van der Waals surface area contributed by atoms with Crippen molar-refractivity contribution in [3.63, 3.8) is 0 Å². The van der Waals surface area contributed by atoms with E-state index in [1.165, 1.54) is 5.56 Å². The SMILES string of the molecule is FC(F)COCCN1CCOC[C@H]1c1ccccc1. The molecule has 2 rings (SSSR count). The van der Waals surface area contributed by atoms with Crippen LogP contribution in [0, 0.1) is 0 Å². The fraction of sp³-hybridized carbons (Fsp3) is 0.571. The number of ether oxygens (including phenoxy) is 2. The van der Waals surface area contributed by atoms with Crippen LogP contribution in [-0.2, 0) is 9.47 Å². The second kappa shape index (κ2) is 7.53. The Morgan fingerprint density at radius 3 is 2.84 bits per heavy atom. The van der Waals surface area contributed by atoms with E-state index in [-0.39, 0.29) is 6.04 Å². The number of benzene rings is 1. The summed E-state index contributed by atoms with van der Waals surface area (Å²) in [7, 11) is 0. The second-order valence-corrected chi connectivity index (χ2v) is 4.50. The van der Waals surface area contributed by atoms with Gasteiger partial charge in [0.2, 0.25) is 0 Å². The first kappa shape index (κ1) is 14.4. The molecule has 0 saturated carbocycles. The first-order valence-corrected chi connectivity index (χ1v) is 6.50. The zero-order valence-corrected chi connectivity index (χ0v) is 10.8. The van der Waals surface area contributed by atoms with Crippen LogP contribution in [0.25, 0.3) is 0 Å². The minimum Gasteiger partial charge on any atom is -0.378 e. The van der Waals surface area contributed by atoms with Gasteiger partial charge >= 0.3 is 0 Å². The highest BCUT2D eigenvalue weighted by Gasteiger charge is 2.23. The third-order valence-electron chi connectivity index (χ3n) is 3.19. The molecule has 0 aliphatic carbocycles.